The van der Waals surface area contributed by atoms with E-state index < -0.39 is 17.0 Å². The molecular formula is C17H10Br2ClFN2O2. The number of pyridine rings is 1. The van der Waals surface area contributed by atoms with Crippen LogP contribution in [-0.2, 0) is 0 Å². The predicted octanol–water partition coefficient (Wildman–Crippen LogP) is 5.79. The summed E-state index contributed by atoms with van der Waals surface area (Å²) < 4.78 is 15.7. The van der Waals surface area contributed by atoms with Crippen molar-refractivity contribution in [1.82, 2.24) is 4.98 Å². The van der Waals surface area contributed by atoms with Crippen LogP contribution in [0.3, 0.4) is 0 Å². The van der Waals surface area contributed by atoms with Gasteiger partial charge in [0, 0.05) is 8.95 Å². The van der Waals surface area contributed by atoms with Gasteiger partial charge in [0.05, 0.1) is 21.6 Å². The molecule has 3 rings (SSSR count). The van der Waals surface area contributed by atoms with Gasteiger partial charge in [-0.1, -0.05) is 27.5 Å². The van der Waals surface area contributed by atoms with Crippen molar-refractivity contribution in [3.8, 4) is 0 Å². The second-order valence-electron chi connectivity index (χ2n) is 5.29. The summed E-state index contributed by atoms with van der Waals surface area (Å²) in [4.78, 5) is 27.6. The average molecular weight is 489 g/mol. The Morgan fingerprint density at radius 1 is 1.24 bits per heavy atom. The lowest BCUT2D eigenvalue weighted by Crippen LogP contribution is -2.18. The van der Waals surface area contributed by atoms with Crippen LogP contribution in [-0.4, -0.2) is 10.8 Å². The second-order valence-corrected chi connectivity index (χ2v) is 7.47. The number of Topliss-reactive ketones (excluding diaryl/α,β-unsaturated/α-hetero) is 1. The summed E-state index contributed by atoms with van der Waals surface area (Å²) in [5, 5.41) is 2.95. The number of H-pyrrole nitrogens is 1. The first-order chi connectivity index (χ1) is 11.8. The van der Waals surface area contributed by atoms with E-state index in [1.54, 1.807) is 12.1 Å². The van der Waals surface area contributed by atoms with Crippen LogP contribution in [0.15, 0.2) is 44.1 Å². The molecule has 4 nitrogen and oxygen atoms in total. The molecule has 0 radical (unpaired) electrons. The Bertz CT molecular complexity index is 1080. The minimum atomic E-state index is -0.737. The molecule has 2 aromatic carbocycles. The monoisotopic (exact) mass is 486 g/mol. The number of aromatic nitrogens is 1. The van der Waals surface area contributed by atoms with Crippen molar-refractivity contribution in [3.05, 3.63) is 65.9 Å². The van der Waals surface area contributed by atoms with E-state index in [9.17, 15) is 14.0 Å². The number of hydrogen-bond donors (Lipinski definition) is 2. The molecule has 0 aliphatic carbocycles. The number of rotatable bonds is 3. The first-order valence-electron chi connectivity index (χ1n) is 7.06. The summed E-state index contributed by atoms with van der Waals surface area (Å²) in [6.45, 7) is 1.25. The molecule has 0 saturated carbocycles. The van der Waals surface area contributed by atoms with Crippen molar-refractivity contribution in [1.29, 1.82) is 0 Å². The highest BCUT2D eigenvalue weighted by molar-refractivity contribution is 9.11. The zero-order chi connectivity index (χ0) is 18.3. The van der Waals surface area contributed by atoms with Crippen LogP contribution in [0.4, 0.5) is 15.9 Å². The van der Waals surface area contributed by atoms with Crippen LogP contribution >= 0.6 is 43.5 Å². The number of ketones is 1. The number of carbonyl (C=O) groups is 1. The molecule has 0 spiro atoms. The summed E-state index contributed by atoms with van der Waals surface area (Å²) in [7, 11) is 0. The number of nitrogens with one attached hydrogen (secondary N) is 2. The van der Waals surface area contributed by atoms with E-state index in [4.69, 9.17) is 11.6 Å². The SMILES string of the molecule is CC(=O)c1c(Nc2ccc(Br)cc2Br)[nH]c2c(Cl)ccc(F)c2c1=O. The normalized spacial score (nSPS) is 10.9. The van der Waals surface area contributed by atoms with E-state index in [-0.39, 0.29) is 27.3 Å². The van der Waals surface area contributed by atoms with Gasteiger partial charge in [-0.2, -0.15) is 0 Å². The maximum Gasteiger partial charge on any atom is 0.205 e. The third-order valence-electron chi connectivity index (χ3n) is 3.60. The Morgan fingerprint density at radius 2 is 1.96 bits per heavy atom. The van der Waals surface area contributed by atoms with E-state index in [1.807, 2.05) is 6.07 Å². The van der Waals surface area contributed by atoms with Crippen molar-refractivity contribution in [2.24, 2.45) is 0 Å². The zero-order valence-electron chi connectivity index (χ0n) is 12.7. The average Bonchev–Trinajstić information content (AvgIpc) is 2.53. The maximum absolute atomic E-state index is 14.1. The van der Waals surface area contributed by atoms with Gasteiger partial charge in [0.15, 0.2) is 5.78 Å². The molecule has 1 heterocycles. The van der Waals surface area contributed by atoms with Crippen LogP contribution in [0, 0.1) is 5.82 Å². The van der Waals surface area contributed by atoms with Gasteiger partial charge >= 0.3 is 0 Å². The molecule has 0 amide bonds. The van der Waals surface area contributed by atoms with Crippen molar-refractivity contribution < 1.29 is 9.18 Å². The van der Waals surface area contributed by atoms with E-state index in [0.29, 0.717) is 10.2 Å². The number of hydrogen-bond acceptors (Lipinski definition) is 3. The Kier molecular flexibility index (Phi) is 4.99. The summed E-state index contributed by atoms with van der Waals surface area (Å²) in [6, 6.07) is 7.81. The maximum atomic E-state index is 14.1. The molecule has 8 heteroatoms. The van der Waals surface area contributed by atoms with Crippen LogP contribution < -0.4 is 10.7 Å². The van der Waals surface area contributed by atoms with Gasteiger partial charge in [-0.25, -0.2) is 4.39 Å². The minimum Gasteiger partial charge on any atom is -0.340 e. The minimum absolute atomic E-state index is 0.132. The third kappa shape index (κ3) is 3.36. The molecule has 3 aromatic rings. The van der Waals surface area contributed by atoms with Crippen LogP contribution in [0.2, 0.25) is 5.02 Å². The fourth-order valence-corrected chi connectivity index (χ4v) is 3.83. The van der Waals surface area contributed by atoms with Crippen LogP contribution in [0.5, 0.6) is 0 Å². The van der Waals surface area contributed by atoms with Gasteiger partial charge in [-0.05, 0) is 53.2 Å². The molecule has 2 N–H and O–H groups in total. The summed E-state index contributed by atoms with van der Waals surface area (Å²) in [5.74, 6) is -1.07. The lowest BCUT2D eigenvalue weighted by atomic mass is 10.1. The number of aromatic amines is 1. The van der Waals surface area contributed by atoms with Gasteiger partial charge in [-0.15, -0.1) is 0 Å². The first-order valence-corrected chi connectivity index (χ1v) is 9.03. The van der Waals surface area contributed by atoms with Crippen molar-refractivity contribution in [3.63, 3.8) is 0 Å². The molecule has 1 aromatic heterocycles. The standard InChI is InChI=1S/C17H10Br2ClFN2O2/c1-7(24)13-16(25)14-11(21)4-3-10(20)15(14)23-17(13)22-12-5-2-8(18)6-9(12)19/h2-6H,1H3,(H2,22,23,25). The fourth-order valence-electron chi connectivity index (χ4n) is 2.48. The van der Waals surface area contributed by atoms with Crippen molar-refractivity contribution in [2.75, 3.05) is 5.32 Å². The zero-order valence-corrected chi connectivity index (χ0v) is 16.6. The molecule has 0 aliphatic rings. The smallest absolute Gasteiger partial charge is 0.205 e. The van der Waals surface area contributed by atoms with Gasteiger partial charge in [0.2, 0.25) is 5.43 Å². The molecule has 0 saturated heterocycles. The van der Waals surface area contributed by atoms with E-state index in [2.05, 4.69) is 42.2 Å². The number of halogens is 4. The Balaban J connectivity index is 2.30. The largest absolute Gasteiger partial charge is 0.340 e. The Morgan fingerprint density at radius 3 is 2.60 bits per heavy atom. The van der Waals surface area contributed by atoms with E-state index in [0.717, 1.165) is 10.5 Å². The number of anilines is 2. The molecular weight excluding hydrogens is 478 g/mol. The highest BCUT2D eigenvalue weighted by Crippen LogP contribution is 2.31. The second kappa shape index (κ2) is 6.90. The summed E-state index contributed by atoms with van der Waals surface area (Å²) in [6.07, 6.45) is 0. The van der Waals surface area contributed by atoms with Crippen LogP contribution in [0.1, 0.15) is 17.3 Å². The lowest BCUT2D eigenvalue weighted by molar-refractivity contribution is 0.101. The Hall–Kier alpha value is -1.70. The highest BCUT2D eigenvalue weighted by atomic mass is 79.9. The molecule has 25 heavy (non-hydrogen) atoms. The van der Waals surface area contributed by atoms with E-state index >= 15 is 0 Å². The first kappa shape index (κ1) is 18.1. The summed E-state index contributed by atoms with van der Waals surface area (Å²) >= 11 is 12.9. The van der Waals surface area contributed by atoms with Crippen LogP contribution in [0.25, 0.3) is 10.9 Å². The number of carbonyl (C=O) groups excluding carboxylic acids is 1. The molecule has 0 aliphatic heterocycles. The lowest BCUT2D eigenvalue weighted by Gasteiger charge is -2.14. The highest BCUT2D eigenvalue weighted by Gasteiger charge is 2.20. The van der Waals surface area contributed by atoms with E-state index in [1.165, 1.54) is 13.0 Å². The quantitative estimate of drug-likeness (QED) is 0.459. The molecule has 0 atom stereocenters. The molecule has 128 valence electrons. The topological polar surface area (TPSA) is 62.0 Å². The number of benzene rings is 2. The number of fused-ring (bicyclic) bond motifs is 1. The van der Waals surface area contributed by atoms with Gasteiger partial charge in [0.1, 0.15) is 17.2 Å². The molecule has 0 fully saturated rings. The summed E-state index contributed by atoms with van der Waals surface area (Å²) in [5.41, 5.74) is -0.124. The predicted molar refractivity (Wildman–Crippen MR) is 105 cm³/mol. The molecule has 0 unspecified atom stereocenters. The van der Waals surface area contributed by atoms with Crippen molar-refractivity contribution in [2.45, 2.75) is 6.92 Å². The Labute approximate surface area is 163 Å². The van der Waals surface area contributed by atoms with Crippen molar-refractivity contribution >= 4 is 71.7 Å². The fraction of sp³-hybridized carbons (Fsp3) is 0.0588. The van der Waals surface area contributed by atoms with Gasteiger partial charge in [0.25, 0.3) is 0 Å². The van der Waals surface area contributed by atoms with Gasteiger partial charge < -0.3 is 10.3 Å². The van der Waals surface area contributed by atoms with Gasteiger partial charge in [-0.3, -0.25) is 9.59 Å². The molecule has 0 bridgehead atoms. The third-order valence-corrected chi connectivity index (χ3v) is 5.06.